The number of carbonyl (C=O) groups is 1. The first-order valence-electron chi connectivity index (χ1n) is 6.89. The molecule has 1 aromatic carbocycles. The molecule has 0 unspecified atom stereocenters. The molecular weight excluding hydrogens is 256 g/mol. The molecule has 0 aliphatic rings. The van der Waals surface area contributed by atoms with E-state index in [1.54, 1.807) is 7.11 Å². The maximum atomic E-state index is 10.5. The molecule has 2 N–H and O–H groups in total. The highest BCUT2D eigenvalue weighted by atomic mass is 16.5. The number of hydrogen-bond acceptors (Lipinski definition) is 4. The van der Waals surface area contributed by atoms with Crippen molar-refractivity contribution in [1.82, 2.24) is 5.32 Å². The van der Waals surface area contributed by atoms with Gasteiger partial charge in [-0.25, -0.2) is 0 Å². The zero-order valence-corrected chi connectivity index (χ0v) is 12.5. The van der Waals surface area contributed by atoms with Crippen LogP contribution in [0.2, 0.25) is 0 Å². The van der Waals surface area contributed by atoms with Crippen molar-refractivity contribution in [2.75, 3.05) is 32.1 Å². The van der Waals surface area contributed by atoms with E-state index in [0.29, 0.717) is 6.54 Å². The Bertz CT molecular complexity index is 435. The summed E-state index contributed by atoms with van der Waals surface area (Å²) in [6.07, 6.45) is 2.30. The predicted molar refractivity (Wildman–Crippen MR) is 80.5 cm³/mol. The van der Waals surface area contributed by atoms with Crippen LogP contribution in [0.4, 0.5) is 5.69 Å². The molecule has 0 amide bonds. The second-order valence-electron chi connectivity index (χ2n) is 4.78. The Kier molecular flexibility index (Phi) is 6.87. The van der Waals surface area contributed by atoms with Gasteiger partial charge in [0.05, 0.1) is 19.3 Å². The fraction of sp³-hybridized carbons (Fsp3) is 0.533. The van der Waals surface area contributed by atoms with E-state index in [1.807, 2.05) is 18.2 Å². The minimum absolute atomic E-state index is 0.0412. The predicted octanol–water partition coefficient (Wildman–Crippen LogP) is 2.11. The highest BCUT2D eigenvalue weighted by Gasteiger charge is 2.09. The van der Waals surface area contributed by atoms with E-state index in [9.17, 15) is 4.79 Å². The summed E-state index contributed by atoms with van der Waals surface area (Å²) in [6, 6.07) is 5.97. The van der Waals surface area contributed by atoms with Crippen molar-refractivity contribution in [3.63, 3.8) is 0 Å². The summed E-state index contributed by atoms with van der Waals surface area (Å²) in [7, 11) is 3.71. The van der Waals surface area contributed by atoms with Crippen LogP contribution in [0.3, 0.4) is 0 Å². The molecule has 5 heteroatoms. The largest absolute Gasteiger partial charge is 0.495 e. The Balaban J connectivity index is 2.71. The molecule has 1 rings (SSSR count). The molecule has 0 radical (unpaired) electrons. The van der Waals surface area contributed by atoms with E-state index in [0.717, 1.165) is 36.4 Å². The number of rotatable bonds is 9. The molecule has 112 valence electrons. The maximum absolute atomic E-state index is 10.5. The van der Waals surface area contributed by atoms with Crippen molar-refractivity contribution in [3.8, 4) is 5.75 Å². The summed E-state index contributed by atoms with van der Waals surface area (Å²) < 4.78 is 5.43. The monoisotopic (exact) mass is 280 g/mol. The summed E-state index contributed by atoms with van der Waals surface area (Å²) in [5.41, 5.74) is 2.07. The molecule has 1 aromatic rings. The van der Waals surface area contributed by atoms with Crippen molar-refractivity contribution in [2.45, 2.75) is 26.3 Å². The molecule has 0 aliphatic carbocycles. The Hall–Kier alpha value is -1.75. The molecule has 0 heterocycles. The minimum atomic E-state index is -0.854. The molecule has 0 spiro atoms. The fourth-order valence-electron chi connectivity index (χ4n) is 1.98. The average Bonchev–Trinajstić information content (AvgIpc) is 2.44. The smallest absolute Gasteiger partial charge is 0.317 e. The van der Waals surface area contributed by atoms with E-state index >= 15 is 0 Å². The summed E-state index contributed by atoms with van der Waals surface area (Å²) in [4.78, 5) is 12.6. The number of aliphatic carboxylic acids is 1. The van der Waals surface area contributed by atoms with E-state index in [-0.39, 0.29) is 6.54 Å². The van der Waals surface area contributed by atoms with E-state index in [1.165, 1.54) is 0 Å². The summed E-state index contributed by atoms with van der Waals surface area (Å²) in [6.45, 7) is 3.63. The van der Waals surface area contributed by atoms with Gasteiger partial charge in [-0.3, -0.25) is 4.79 Å². The number of methoxy groups -OCH3 is 1. The zero-order chi connectivity index (χ0) is 15.0. The molecule has 0 fully saturated rings. The Morgan fingerprint density at radius 3 is 2.80 bits per heavy atom. The lowest BCUT2D eigenvalue weighted by molar-refractivity contribution is -0.135. The Morgan fingerprint density at radius 1 is 1.45 bits per heavy atom. The third kappa shape index (κ3) is 5.09. The number of nitrogens with one attached hydrogen (secondary N) is 1. The van der Waals surface area contributed by atoms with Gasteiger partial charge in [-0.05, 0) is 24.1 Å². The fourth-order valence-corrected chi connectivity index (χ4v) is 1.98. The molecule has 0 atom stereocenters. The van der Waals surface area contributed by atoms with Gasteiger partial charge in [-0.1, -0.05) is 19.4 Å². The third-order valence-electron chi connectivity index (χ3n) is 3.11. The molecule has 0 bridgehead atoms. The SMILES string of the molecule is CCCCN(C)c1ccc(CNCC(=O)O)cc1OC. The van der Waals surface area contributed by atoms with Crippen LogP contribution >= 0.6 is 0 Å². The normalized spacial score (nSPS) is 10.3. The topological polar surface area (TPSA) is 61.8 Å². The molecule has 0 aromatic heterocycles. The molecule has 0 saturated heterocycles. The lowest BCUT2D eigenvalue weighted by atomic mass is 10.1. The van der Waals surface area contributed by atoms with Crippen LogP contribution in [0.15, 0.2) is 18.2 Å². The third-order valence-corrected chi connectivity index (χ3v) is 3.11. The maximum Gasteiger partial charge on any atom is 0.317 e. The first-order valence-corrected chi connectivity index (χ1v) is 6.89. The first kappa shape index (κ1) is 16.3. The summed E-state index contributed by atoms with van der Waals surface area (Å²) in [5, 5.41) is 11.5. The second kappa shape index (κ2) is 8.43. The van der Waals surface area contributed by atoms with Gasteiger partial charge in [0.1, 0.15) is 5.75 Å². The lowest BCUT2D eigenvalue weighted by Crippen LogP contribution is -2.22. The minimum Gasteiger partial charge on any atom is -0.495 e. The van der Waals surface area contributed by atoms with Crippen molar-refractivity contribution in [1.29, 1.82) is 0 Å². The summed E-state index contributed by atoms with van der Waals surface area (Å²) in [5.74, 6) is -0.0360. The van der Waals surface area contributed by atoms with Crippen LogP contribution < -0.4 is 15.0 Å². The molecule has 0 aliphatic heterocycles. The number of nitrogens with zero attached hydrogens (tertiary/aromatic N) is 1. The van der Waals surface area contributed by atoms with Crippen molar-refractivity contribution >= 4 is 11.7 Å². The number of unbranched alkanes of at least 4 members (excludes halogenated alkanes) is 1. The van der Waals surface area contributed by atoms with Crippen LogP contribution in [-0.4, -0.2) is 38.3 Å². The number of benzene rings is 1. The van der Waals surface area contributed by atoms with Crippen molar-refractivity contribution < 1.29 is 14.6 Å². The zero-order valence-electron chi connectivity index (χ0n) is 12.5. The highest BCUT2D eigenvalue weighted by molar-refractivity contribution is 5.69. The number of carboxylic acid groups (broad SMARTS) is 1. The number of carboxylic acids is 1. The number of hydrogen-bond donors (Lipinski definition) is 2. The van der Waals surface area contributed by atoms with E-state index in [4.69, 9.17) is 9.84 Å². The lowest BCUT2D eigenvalue weighted by Gasteiger charge is -2.22. The van der Waals surface area contributed by atoms with Crippen LogP contribution in [0.25, 0.3) is 0 Å². The van der Waals surface area contributed by atoms with Gasteiger partial charge in [0.15, 0.2) is 0 Å². The van der Waals surface area contributed by atoms with Crippen molar-refractivity contribution in [3.05, 3.63) is 23.8 Å². The average molecular weight is 280 g/mol. The van der Waals surface area contributed by atoms with Crippen molar-refractivity contribution in [2.24, 2.45) is 0 Å². The van der Waals surface area contributed by atoms with E-state index < -0.39 is 5.97 Å². The highest BCUT2D eigenvalue weighted by Crippen LogP contribution is 2.28. The van der Waals surface area contributed by atoms with Gasteiger partial charge < -0.3 is 20.1 Å². The molecular formula is C15H24N2O3. The standard InChI is InChI=1S/C15H24N2O3/c1-4-5-8-17(2)13-7-6-12(9-14(13)20-3)10-16-11-15(18)19/h6-7,9,16H,4-5,8,10-11H2,1-3H3,(H,18,19). The van der Waals surface area contributed by atoms with Gasteiger partial charge in [0.2, 0.25) is 0 Å². The van der Waals surface area contributed by atoms with Gasteiger partial charge in [0, 0.05) is 20.1 Å². The molecule has 20 heavy (non-hydrogen) atoms. The van der Waals surface area contributed by atoms with E-state index in [2.05, 4.69) is 24.2 Å². The van der Waals surface area contributed by atoms with Crippen LogP contribution in [0.5, 0.6) is 5.75 Å². The molecule has 0 saturated carbocycles. The Morgan fingerprint density at radius 2 is 2.20 bits per heavy atom. The van der Waals surface area contributed by atoms with Crippen LogP contribution in [0.1, 0.15) is 25.3 Å². The van der Waals surface area contributed by atoms with Crippen LogP contribution in [-0.2, 0) is 11.3 Å². The number of ether oxygens (including phenoxy) is 1. The van der Waals surface area contributed by atoms with Gasteiger partial charge in [-0.2, -0.15) is 0 Å². The Labute approximate surface area is 120 Å². The molecule has 5 nitrogen and oxygen atoms in total. The van der Waals surface area contributed by atoms with Gasteiger partial charge in [0.25, 0.3) is 0 Å². The number of anilines is 1. The van der Waals surface area contributed by atoms with Crippen LogP contribution in [0, 0.1) is 0 Å². The summed E-state index contributed by atoms with van der Waals surface area (Å²) >= 11 is 0. The van der Waals surface area contributed by atoms with Gasteiger partial charge in [-0.15, -0.1) is 0 Å². The quantitative estimate of drug-likeness (QED) is 0.725. The second-order valence-corrected chi connectivity index (χ2v) is 4.78. The van der Waals surface area contributed by atoms with Gasteiger partial charge >= 0.3 is 5.97 Å². The first-order chi connectivity index (χ1) is 9.58.